The molecule has 1 heterocycles. The van der Waals surface area contributed by atoms with Crippen molar-refractivity contribution in [1.29, 1.82) is 0 Å². The van der Waals surface area contributed by atoms with Crippen LogP contribution in [-0.4, -0.2) is 45.4 Å². The number of aryl methyl sites for hydroxylation is 1. The zero-order valence-electron chi connectivity index (χ0n) is 11.7. The van der Waals surface area contributed by atoms with E-state index in [1.54, 1.807) is 14.0 Å². The summed E-state index contributed by atoms with van der Waals surface area (Å²) in [4.78, 5) is 25.1. The van der Waals surface area contributed by atoms with E-state index in [9.17, 15) is 14.7 Å². The van der Waals surface area contributed by atoms with Gasteiger partial charge in [0.05, 0.1) is 6.10 Å². The molecule has 1 rings (SSSR count). The van der Waals surface area contributed by atoms with Gasteiger partial charge in [-0.25, -0.2) is 4.68 Å². The van der Waals surface area contributed by atoms with E-state index in [2.05, 4.69) is 5.10 Å². The van der Waals surface area contributed by atoms with Crippen LogP contribution in [0.15, 0.2) is 16.9 Å². The summed E-state index contributed by atoms with van der Waals surface area (Å²) < 4.78 is 1.30. The summed E-state index contributed by atoms with van der Waals surface area (Å²) >= 11 is 0. The van der Waals surface area contributed by atoms with Crippen molar-refractivity contribution in [3.05, 3.63) is 28.2 Å². The Labute approximate surface area is 112 Å². The lowest BCUT2D eigenvalue weighted by Gasteiger charge is -2.17. The highest BCUT2D eigenvalue weighted by atomic mass is 16.3. The molecule has 1 aromatic heterocycles. The molecule has 0 aliphatic carbocycles. The predicted molar refractivity (Wildman–Crippen MR) is 72.0 cm³/mol. The Kier molecular flexibility index (Phi) is 5.69. The fraction of sp³-hybridized carbons (Fsp3) is 0.615. The Hall–Kier alpha value is -1.69. The van der Waals surface area contributed by atoms with E-state index >= 15 is 0 Å². The molecule has 1 unspecified atom stereocenters. The zero-order chi connectivity index (χ0) is 14.4. The molecule has 0 aliphatic heterocycles. The van der Waals surface area contributed by atoms with Crippen molar-refractivity contribution in [2.24, 2.45) is 0 Å². The summed E-state index contributed by atoms with van der Waals surface area (Å²) in [5.74, 6) is -0.245. The fourth-order valence-electron chi connectivity index (χ4n) is 1.61. The minimum absolute atomic E-state index is 0.204. The first kappa shape index (κ1) is 15.4. The van der Waals surface area contributed by atoms with Gasteiger partial charge < -0.3 is 10.0 Å². The highest BCUT2D eigenvalue weighted by Crippen LogP contribution is 2.01. The number of aromatic nitrogens is 2. The van der Waals surface area contributed by atoms with Crippen molar-refractivity contribution >= 4 is 5.91 Å². The molecule has 0 saturated heterocycles. The lowest BCUT2D eigenvalue weighted by atomic mass is 10.2. The van der Waals surface area contributed by atoms with Crippen LogP contribution < -0.4 is 5.56 Å². The molecule has 1 amide bonds. The third-order valence-electron chi connectivity index (χ3n) is 2.75. The van der Waals surface area contributed by atoms with E-state index in [-0.39, 0.29) is 17.2 Å². The number of nitrogens with zero attached hydrogens (tertiary/aromatic N) is 3. The van der Waals surface area contributed by atoms with Crippen LogP contribution in [0.5, 0.6) is 0 Å². The van der Waals surface area contributed by atoms with Gasteiger partial charge in [-0.1, -0.05) is 6.92 Å². The minimum atomic E-state index is -0.447. The molecule has 0 aromatic carbocycles. The van der Waals surface area contributed by atoms with Crippen LogP contribution >= 0.6 is 0 Å². The normalized spacial score (nSPS) is 12.2. The topological polar surface area (TPSA) is 75.4 Å². The van der Waals surface area contributed by atoms with E-state index in [1.165, 1.54) is 21.7 Å². The lowest BCUT2D eigenvalue weighted by Crippen LogP contribution is -2.32. The molecular weight excluding hydrogens is 246 g/mol. The molecule has 1 aromatic rings. The molecule has 6 nitrogen and oxygen atoms in total. The summed E-state index contributed by atoms with van der Waals surface area (Å²) in [6.45, 7) is 4.57. The van der Waals surface area contributed by atoms with Crippen molar-refractivity contribution in [2.45, 2.75) is 39.3 Å². The smallest absolute Gasteiger partial charge is 0.274 e. The van der Waals surface area contributed by atoms with Crippen molar-refractivity contribution in [1.82, 2.24) is 14.7 Å². The standard InChI is InChI=1S/C13H21N3O3/c1-4-8-16-12(18)6-5-11(14-16)13(19)15(3)9-7-10(2)17/h5-6,10,17H,4,7-9H2,1-3H3. The number of aliphatic hydroxyl groups is 1. The maximum Gasteiger partial charge on any atom is 0.274 e. The van der Waals surface area contributed by atoms with E-state index < -0.39 is 6.10 Å². The van der Waals surface area contributed by atoms with Gasteiger partial charge in [-0.05, 0) is 25.8 Å². The molecule has 0 fully saturated rings. The van der Waals surface area contributed by atoms with Gasteiger partial charge >= 0.3 is 0 Å². The summed E-state index contributed by atoms with van der Waals surface area (Å²) in [6.07, 6.45) is 0.844. The highest BCUT2D eigenvalue weighted by Gasteiger charge is 2.14. The van der Waals surface area contributed by atoms with Crippen LogP contribution in [0.2, 0.25) is 0 Å². The first-order chi connectivity index (χ1) is 8.95. The molecule has 106 valence electrons. The first-order valence-electron chi connectivity index (χ1n) is 6.47. The summed E-state index contributed by atoms with van der Waals surface area (Å²) in [6, 6.07) is 2.80. The Morgan fingerprint density at radius 3 is 2.79 bits per heavy atom. The van der Waals surface area contributed by atoms with Gasteiger partial charge in [0.15, 0.2) is 0 Å². The number of amides is 1. The predicted octanol–water partition coefficient (Wildman–Crippen LogP) is 0.496. The van der Waals surface area contributed by atoms with Gasteiger partial charge in [0.25, 0.3) is 11.5 Å². The van der Waals surface area contributed by atoms with Crippen LogP contribution in [-0.2, 0) is 6.54 Å². The monoisotopic (exact) mass is 267 g/mol. The van der Waals surface area contributed by atoms with Crippen LogP contribution in [0.3, 0.4) is 0 Å². The maximum atomic E-state index is 12.1. The quantitative estimate of drug-likeness (QED) is 0.814. The van der Waals surface area contributed by atoms with Gasteiger partial charge in [-0.15, -0.1) is 0 Å². The maximum absolute atomic E-state index is 12.1. The zero-order valence-corrected chi connectivity index (χ0v) is 11.7. The highest BCUT2D eigenvalue weighted by molar-refractivity contribution is 5.91. The summed E-state index contributed by atoms with van der Waals surface area (Å²) in [5, 5.41) is 13.3. The second kappa shape index (κ2) is 7.04. The molecule has 0 aliphatic rings. The molecular formula is C13H21N3O3. The first-order valence-corrected chi connectivity index (χ1v) is 6.47. The molecule has 0 bridgehead atoms. The Balaban J connectivity index is 2.81. The van der Waals surface area contributed by atoms with E-state index in [1.807, 2.05) is 6.92 Å². The van der Waals surface area contributed by atoms with E-state index in [0.717, 1.165) is 6.42 Å². The van der Waals surface area contributed by atoms with Crippen LogP contribution in [0, 0.1) is 0 Å². The van der Waals surface area contributed by atoms with Gasteiger partial charge in [0, 0.05) is 26.2 Å². The third-order valence-corrected chi connectivity index (χ3v) is 2.75. The Morgan fingerprint density at radius 1 is 1.53 bits per heavy atom. The number of hydrogen-bond donors (Lipinski definition) is 1. The number of rotatable bonds is 6. The molecule has 1 atom stereocenters. The minimum Gasteiger partial charge on any atom is -0.393 e. The van der Waals surface area contributed by atoms with E-state index in [4.69, 9.17) is 0 Å². The number of aliphatic hydroxyl groups excluding tert-OH is 1. The molecule has 19 heavy (non-hydrogen) atoms. The van der Waals surface area contributed by atoms with Gasteiger partial charge in [0.2, 0.25) is 0 Å². The van der Waals surface area contributed by atoms with E-state index in [0.29, 0.717) is 19.5 Å². The Bertz CT molecular complexity index is 482. The number of hydrogen-bond acceptors (Lipinski definition) is 4. The van der Waals surface area contributed by atoms with Crippen molar-refractivity contribution < 1.29 is 9.90 Å². The summed E-state index contributed by atoms with van der Waals surface area (Å²) in [5.41, 5.74) is 0.0474. The SMILES string of the molecule is CCCn1nc(C(=O)N(C)CCC(C)O)ccc1=O. The molecule has 6 heteroatoms. The average Bonchev–Trinajstić information content (AvgIpc) is 2.38. The largest absolute Gasteiger partial charge is 0.393 e. The van der Waals surface area contributed by atoms with Crippen LogP contribution in [0.25, 0.3) is 0 Å². The van der Waals surface area contributed by atoms with Crippen molar-refractivity contribution in [2.75, 3.05) is 13.6 Å². The summed E-state index contributed by atoms with van der Waals surface area (Å²) in [7, 11) is 1.65. The second-order valence-corrected chi connectivity index (χ2v) is 4.64. The Morgan fingerprint density at radius 2 is 2.21 bits per heavy atom. The lowest BCUT2D eigenvalue weighted by molar-refractivity contribution is 0.0760. The van der Waals surface area contributed by atoms with Crippen LogP contribution in [0.1, 0.15) is 37.2 Å². The number of carbonyl (C=O) groups is 1. The molecule has 0 spiro atoms. The fourth-order valence-corrected chi connectivity index (χ4v) is 1.61. The number of carbonyl (C=O) groups excluding carboxylic acids is 1. The molecule has 0 saturated carbocycles. The second-order valence-electron chi connectivity index (χ2n) is 4.64. The molecule has 1 N–H and O–H groups in total. The van der Waals surface area contributed by atoms with Crippen molar-refractivity contribution in [3.8, 4) is 0 Å². The van der Waals surface area contributed by atoms with Crippen molar-refractivity contribution in [3.63, 3.8) is 0 Å². The third kappa shape index (κ3) is 4.48. The van der Waals surface area contributed by atoms with Crippen LogP contribution in [0.4, 0.5) is 0 Å². The van der Waals surface area contributed by atoms with Gasteiger partial charge in [-0.2, -0.15) is 5.10 Å². The van der Waals surface area contributed by atoms with Gasteiger partial charge in [0.1, 0.15) is 5.69 Å². The molecule has 0 radical (unpaired) electrons. The average molecular weight is 267 g/mol. The van der Waals surface area contributed by atoms with Gasteiger partial charge in [-0.3, -0.25) is 9.59 Å².